The summed E-state index contributed by atoms with van der Waals surface area (Å²) < 4.78 is 28.7. The summed E-state index contributed by atoms with van der Waals surface area (Å²) in [5, 5.41) is 0. The molecule has 9 heteroatoms. The molecule has 1 aromatic heterocycles. The van der Waals surface area contributed by atoms with Crippen LogP contribution in [0.2, 0.25) is 0 Å². The van der Waals surface area contributed by atoms with Crippen molar-refractivity contribution in [1.29, 1.82) is 0 Å². The second-order valence-electron chi connectivity index (χ2n) is 5.06. The lowest BCUT2D eigenvalue weighted by molar-refractivity contribution is -0.141. The predicted molar refractivity (Wildman–Crippen MR) is 77.2 cm³/mol. The predicted octanol–water partition coefficient (Wildman–Crippen LogP) is 1.09. The van der Waals surface area contributed by atoms with Gasteiger partial charge < -0.3 is 4.57 Å². The van der Waals surface area contributed by atoms with Crippen LogP contribution in [0.1, 0.15) is 12.8 Å². The Kier molecular flexibility index (Phi) is 3.80. The van der Waals surface area contributed by atoms with Crippen LogP contribution >= 0.6 is 11.3 Å². The molecule has 2 heterocycles. The molecule has 0 saturated carbocycles. The Hall–Kier alpha value is -2.42. The summed E-state index contributed by atoms with van der Waals surface area (Å²) in [5.74, 6) is -2.99. The monoisotopic (exact) mass is 339 g/mol. The lowest BCUT2D eigenvalue weighted by atomic mass is 10.3. The summed E-state index contributed by atoms with van der Waals surface area (Å²) >= 11 is 0.947. The van der Waals surface area contributed by atoms with Gasteiger partial charge in [-0.15, -0.1) is 0 Å². The Morgan fingerprint density at radius 2 is 1.91 bits per heavy atom. The van der Waals surface area contributed by atoms with E-state index in [-0.39, 0.29) is 23.2 Å². The second kappa shape index (κ2) is 5.65. The highest BCUT2D eigenvalue weighted by Crippen LogP contribution is 2.21. The van der Waals surface area contributed by atoms with Gasteiger partial charge in [0.1, 0.15) is 12.4 Å². The summed E-state index contributed by atoms with van der Waals surface area (Å²) in [5.41, 5.74) is 0.135. The molecule has 1 fully saturated rings. The van der Waals surface area contributed by atoms with Gasteiger partial charge in [-0.05, 0) is 6.07 Å². The highest BCUT2D eigenvalue weighted by atomic mass is 32.1. The minimum absolute atomic E-state index is 0.0905. The molecule has 3 rings (SSSR count). The fourth-order valence-corrected chi connectivity index (χ4v) is 3.46. The number of rotatable bonds is 2. The molecule has 1 aliphatic rings. The van der Waals surface area contributed by atoms with E-state index in [0.29, 0.717) is 4.70 Å². The van der Waals surface area contributed by atoms with Crippen LogP contribution in [-0.4, -0.2) is 33.7 Å². The molecular formula is C14H11F2N3O3S. The smallest absolute Gasteiger partial charge is 0.268 e. The third-order valence-electron chi connectivity index (χ3n) is 3.49. The first-order valence-electron chi connectivity index (χ1n) is 6.72. The number of hydrogen-bond donors (Lipinski definition) is 0. The van der Waals surface area contributed by atoms with Gasteiger partial charge in [0.15, 0.2) is 10.6 Å². The number of carbonyl (C=O) groups excluding carboxylic acids is 3. The summed E-state index contributed by atoms with van der Waals surface area (Å²) in [6.45, 7) is -0.442. The fraction of sp³-hybridized carbons (Fsp3) is 0.286. The van der Waals surface area contributed by atoms with Gasteiger partial charge in [-0.25, -0.2) is 8.78 Å². The number of nitrogens with zero attached hydrogens (tertiary/aromatic N) is 3. The minimum atomic E-state index is -0.752. The maximum Gasteiger partial charge on any atom is 0.268 e. The normalized spacial score (nSPS) is 16.0. The van der Waals surface area contributed by atoms with Crippen molar-refractivity contribution in [3.8, 4) is 0 Å². The molecule has 0 atom stereocenters. The summed E-state index contributed by atoms with van der Waals surface area (Å²) in [4.78, 5) is 39.7. The number of likely N-dealkylation sites (tertiary alicyclic amines) is 1. The first-order chi connectivity index (χ1) is 10.9. The van der Waals surface area contributed by atoms with Crippen molar-refractivity contribution in [2.45, 2.75) is 12.8 Å². The number of aromatic nitrogens is 1. The lowest BCUT2D eigenvalue weighted by Crippen LogP contribution is -2.34. The van der Waals surface area contributed by atoms with Crippen LogP contribution in [0.25, 0.3) is 10.2 Å². The first-order valence-corrected chi connectivity index (χ1v) is 7.54. The molecule has 0 radical (unpaired) electrons. The van der Waals surface area contributed by atoms with Crippen LogP contribution in [0.3, 0.4) is 0 Å². The number of aryl methyl sites for hydroxylation is 1. The summed E-state index contributed by atoms with van der Waals surface area (Å²) in [6.07, 6.45) is 0.181. The van der Waals surface area contributed by atoms with E-state index in [1.807, 2.05) is 0 Å². The van der Waals surface area contributed by atoms with Crippen LogP contribution in [0.5, 0.6) is 0 Å². The lowest BCUT2D eigenvalue weighted by Gasteiger charge is -2.09. The van der Waals surface area contributed by atoms with Gasteiger partial charge in [0.05, 0.1) is 10.2 Å². The minimum Gasteiger partial charge on any atom is -0.317 e. The molecule has 0 spiro atoms. The topological polar surface area (TPSA) is 71.7 Å². The molecule has 1 saturated heterocycles. The van der Waals surface area contributed by atoms with Crippen molar-refractivity contribution in [3.05, 3.63) is 28.6 Å². The van der Waals surface area contributed by atoms with Crippen molar-refractivity contribution in [2.75, 3.05) is 6.54 Å². The van der Waals surface area contributed by atoms with Crippen LogP contribution in [0, 0.1) is 11.6 Å². The quantitative estimate of drug-likeness (QED) is 0.769. The second-order valence-corrected chi connectivity index (χ2v) is 6.07. The highest BCUT2D eigenvalue weighted by Gasteiger charge is 2.30. The first kappa shape index (κ1) is 15.5. The molecule has 6 nitrogen and oxygen atoms in total. The van der Waals surface area contributed by atoms with E-state index in [1.54, 1.807) is 0 Å². The van der Waals surface area contributed by atoms with Gasteiger partial charge in [-0.3, -0.25) is 19.3 Å². The maximum absolute atomic E-state index is 13.8. The number of benzene rings is 1. The molecule has 0 aliphatic carbocycles. The van der Waals surface area contributed by atoms with Gasteiger partial charge in [0.2, 0.25) is 11.8 Å². The third-order valence-corrected chi connectivity index (χ3v) is 4.56. The Bertz CT molecular complexity index is 900. The standard InChI is InChI=1S/C14H11F2N3O3S/c1-18-13-8(16)4-7(15)5-9(13)23-14(18)17-10(20)6-19-11(21)2-3-12(19)22/h4-5H,2-3,6H2,1H3. The van der Waals surface area contributed by atoms with Crippen LogP contribution in [0.4, 0.5) is 8.78 Å². The molecule has 3 amide bonds. The molecule has 1 aromatic carbocycles. The molecule has 1 aliphatic heterocycles. The number of fused-ring (bicyclic) bond motifs is 1. The Labute approximate surface area is 132 Å². The van der Waals surface area contributed by atoms with Gasteiger partial charge in [-0.2, -0.15) is 4.99 Å². The van der Waals surface area contributed by atoms with Crippen LogP contribution in [0.15, 0.2) is 17.1 Å². The van der Waals surface area contributed by atoms with E-state index in [9.17, 15) is 23.2 Å². The zero-order valence-corrected chi connectivity index (χ0v) is 12.8. The van der Waals surface area contributed by atoms with Gasteiger partial charge >= 0.3 is 0 Å². The number of imide groups is 1. The number of halogens is 2. The Morgan fingerprint density at radius 1 is 1.26 bits per heavy atom. The fourth-order valence-electron chi connectivity index (χ4n) is 2.38. The third kappa shape index (κ3) is 2.79. The number of hydrogen-bond acceptors (Lipinski definition) is 4. The highest BCUT2D eigenvalue weighted by molar-refractivity contribution is 7.16. The van der Waals surface area contributed by atoms with Crippen molar-refractivity contribution < 1.29 is 23.2 Å². The van der Waals surface area contributed by atoms with Crippen molar-refractivity contribution >= 4 is 39.3 Å². The number of amides is 3. The van der Waals surface area contributed by atoms with E-state index in [4.69, 9.17) is 0 Å². The van der Waals surface area contributed by atoms with E-state index >= 15 is 0 Å². The van der Waals surface area contributed by atoms with E-state index in [1.165, 1.54) is 11.6 Å². The zero-order chi connectivity index (χ0) is 16.7. The van der Waals surface area contributed by atoms with Crippen molar-refractivity contribution in [1.82, 2.24) is 9.47 Å². The Morgan fingerprint density at radius 3 is 2.57 bits per heavy atom. The maximum atomic E-state index is 13.8. The average molecular weight is 339 g/mol. The van der Waals surface area contributed by atoms with E-state index in [0.717, 1.165) is 28.4 Å². The van der Waals surface area contributed by atoms with Gasteiger partial charge in [0.25, 0.3) is 5.91 Å². The van der Waals surface area contributed by atoms with Crippen LogP contribution in [-0.2, 0) is 21.4 Å². The Balaban J connectivity index is 1.96. The van der Waals surface area contributed by atoms with Crippen LogP contribution < -0.4 is 4.80 Å². The van der Waals surface area contributed by atoms with Gasteiger partial charge in [0, 0.05) is 26.0 Å². The zero-order valence-electron chi connectivity index (χ0n) is 12.0. The summed E-state index contributed by atoms with van der Waals surface area (Å²) in [7, 11) is 1.50. The molecule has 23 heavy (non-hydrogen) atoms. The van der Waals surface area contributed by atoms with Crippen molar-refractivity contribution in [2.24, 2.45) is 12.0 Å². The molecule has 0 bridgehead atoms. The molecular weight excluding hydrogens is 328 g/mol. The SMILES string of the molecule is Cn1c(=NC(=O)CN2C(=O)CCC2=O)sc2cc(F)cc(F)c21. The average Bonchev–Trinajstić information content (AvgIpc) is 2.93. The number of carbonyl (C=O) groups is 3. The number of thiazole rings is 1. The molecule has 2 aromatic rings. The summed E-state index contributed by atoms with van der Waals surface area (Å²) in [6, 6.07) is 1.91. The molecule has 0 N–H and O–H groups in total. The van der Waals surface area contributed by atoms with Crippen molar-refractivity contribution in [3.63, 3.8) is 0 Å². The van der Waals surface area contributed by atoms with Gasteiger partial charge in [-0.1, -0.05) is 11.3 Å². The van der Waals surface area contributed by atoms with E-state index in [2.05, 4.69) is 4.99 Å². The molecule has 0 unspecified atom stereocenters. The largest absolute Gasteiger partial charge is 0.317 e. The van der Waals surface area contributed by atoms with E-state index < -0.39 is 35.9 Å². The molecule has 120 valence electrons.